The maximum atomic E-state index is 12.6. The molecule has 3 aromatic rings. The molecule has 0 aliphatic heterocycles. The predicted octanol–water partition coefficient (Wildman–Crippen LogP) is 4.12. The molecule has 0 radical (unpaired) electrons. The Hall–Kier alpha value is -3.48. The second-order valence-electron chi connectivity index (χ2n) is 6.74. The van der Waals surface area contributed by atoms with Gasteiger partial charge in [0, 0.05) is 12.5 Å². The minimum absolute atomic E-state index is 0.159. The van der Waals surface area contributed by atoms with Crippen LogP contribution in [0.5, 0.6) is 5.75 Å². The topological polar surface area (TPSA) is 91.5 Å². The molecule has 0 fully saturated rings. The van der Waals surface area contributed by atoms with E-state index in [1.54, 1.807) is 31.2 Å². The second-order valence-corrected chi connectivity index (χ2v) is 6.74. The van der Waals surface area contributed by atoms with Gasteiger partial charge in [0.05, 0.1) is 5.56 Å². The Kier molecular flexibility index (Phi) is 6.95. The smallest absolute Gasteiger partial charge is 0.338 e. The van der Waals surface area contributed by atoms with Crippen LogP contribution in [-0.2, 0) is 24.2 Å². The highest BCUT2D eigenvalue weighted by Crippen LogP contribution is 2.17. The molecule has 0 aliphatic rings. The minimum Gasteiger partial charge on any atom is -0.485 e. The molecule has 0 saturated carbocycles. The number of benzene rings is 2. The molecule has 0 amide bonds. The summed E-state index contributed by atoms with van der Waals surface area (Å²) in [6, 6.07) is 12.3. The molecule has 0 spiro atoms. The Balaban J connectivity index is 1.56. The van der Waals surface area contributed by atoms with Crippen LogP contribution in [0, 0.1) is 6.92 Å². The fraction of sp³-hybridized carbons (Fsp3) is 0.304. The molecule has 2 aromatic carbocycles. The second kappa shape index (κ2) is 9.82. The SMILES string of the molecule is CCc1ccc(CC)c(C(=O)COC(=O)c2ccc(OCc3noc(C)n3)cc2)c1. The molecule has 156 valence electrons. The van der Waals surface area contributed by atoms with Crippen LogP contribution < -0.4 is 4.74 Å². The first-order valence-corrected chi connectivity index (χ1v) is 9.84. The quantitative estimate of drug-likeness (QED) is 0.388. The van der Waals surface area contributed by atoms with E-state index in [0.717, 1.165) is 24.0 Å². The number of nitrogens with zero attached hydrogens (tertiary/aromatic N) is 2. The number of carbonyl (C=O) groups excluding carboxylic acids is 2. The number of hydrogen-bond acceptors (Lipinski definition) is 7. The number of carbonyl (C=O) groups is 2. The number of ketones is 1. The van der Waals surface area contributed by atoms with E-state index in [1.165, 1.54) is 0 Å². The first-order chi connectivity index (χ1) is 14.5. The van der Waals surface area contributed by atoms with E-state index in [-0.39, 0.29) is 19.0 Å². The third-order valence-corrected chi connectivity index (χ3v) is 4.63. The van der Waals surface area contributed by atoms with Gasteiger partial charge in [-0.1, -0.05) is 31.1 Å². The zero-order valence-corrected chi connectivity index (χ0v) is 17.3. The maximum absolute atomic E-state index is 12.6. The Morgan fingerprint density at radius 1 is 1.03 bits per heavy atom. The number of hydrogen-bond donors (Lipinski definition) is 0. The molecule has 0 saturated heterocycles. The first kappa shape index (κ1) is 21.2. The van der Waals surface area contributed by atoms with Crippen molar-refractivity contribution in [3.63, 3.8) is 0 Å². The summed E-state index contributed by atoms with van der Waals surface area (Å²) in [5.74, 6) is 0.690. The standard InChI is InChI=1S/C23H24N2O5/c1-4-16-6-7-17(5-2)20(12-16)21(26)13-29-23(27)18-8-10-19(11-9-18)28-14-22-24-15(3)30-25-22/h6-12H,4-5,13-14H2,1-3H3. The number of esters is 1. The summed E-state index contributed by atoms with van der Waals surface area (Å²) in [5, 5.41) is 3.75. The van der Waals surface area contributed by atoms with Gasteiger partial charge in [-0.2, -0.15) is 4.98 Å². The molecular weight excluding hydrogens is 384 g/mol. The van der Waals surface area contributed by atoms with E-state index in [4.69, 9.17) is 14.0 Å². The van der Waals surface area contributed by atoms with Crippen molar-refractivity contribution in [3.8, 4) is 5.75 Å². The van der Waals surface area contributed by atoms with Gasteiger partial charge in [0.2, 0.25) is 17.5 Å². The largest absolute Gasteiger partial charge is 0.485 e. The molecule has 0 atom stereocenters. The van der Waals surface area contributed by atoms with E-state index in [1.807, 2.05) is 32.0 Å². The van der Waals surface area contributed by atoms with Gasteiger partial charge in [0.1, 0.15) is 5.75 Å². The van der Waals surface area contributed by atoms with Crippen LogP contribution in [-0.4, -0.2) is 28.5 Å². The zero-order chi connectivity index (χ0) is 21.5. The van der Waals surface area contributed by atoms with E-state index >= 15 is 0 Å². The number of ether oxygens (including phenoxy) is 2. The fourth-order valence-corrected chi connectivity index (χ4v) is 2.94. The Labute approximate surface area is 175 Å². The number of aryl methyl sites for hydroxylation is 3. The molecular formula is C23H24N2O5. The van der Waals surface area contributed by atoms with Gasteiger partial charge < -0.3 is 14.0 Å². The van der Waals surface area contributed by atoms with Crippen LogP contribution in [0.4, 0.5) is 0 Å². The summed E-state index contributed by atoms with van der Waals surface area (Å²) >= 11 is 0. The summed E-state index contributed by atoms with van der Waals surface area (Å²) in [6.07, 6.45) is 1.58. The fourth-order valence-electron chi connectivity index (χ4n) is 2.94. The first-order valence-electron chi connectivity index (χ1n) is 9.84. The van der Waals surface area contributed by atoms with Gasteiger partial charge in [0.25, 0.3) is 0 Å². The molecule has 1 aromatic heterocycles. The van der Waals surface area contributed by atoms with E-state index in [0.29, 0.717) is 28.6 Å². The van der Waals surface area contributed by atoms with Crippen molar-refractivity contribution < 1.29 is 23.6 Å². The minimum atomic E-state index is -0.562. The summed E-state index contributed by atoms with van der Waals surface area (Å²) in [5.41, 5.74) is 2.98. The lowest BCUT2D eigenvalue weighted by molar-refractivity contribution is 0.0474. The molecule has 7 nitrogen and oxygen atoms in total. The molecule has 3 rings (SSSR count). The lowest BCUT2D eigenvalue weighted by Gasteiger charge is -2.10. The summed E-state index contributed by atoms with van der Waals surface area (Å²) in [4.78, 5) is 28.9. The van der Waals surface area contributed by atoms with Gasteiger partial charge in [-0.25, -0.2) is 4.79 Å². The van der Waals surface area contributed by atoms with Crippen molar-refractivity contribution in [3.05, 3.63) is 76.4 Å². The average molecular weight is 408 g/mol. The molecule has 1 heterocycles. The average Bonchev–Trinajstić information content (AvgIpc) is 3.20. The van der Waals surface area contributed by atoms with Crippen LogP contribution >= 0.6 is 0 Å². The van der Waals surface area contributed by atoms with E-state index in [2.05, 4.69) is 10.1 Å². The van der Waals surface area contributed by atoms with Crippen molar-refractivity contribution in [2.75, 3.05) is 6.61 Å². The number of aromatic nitrogens is 2. The van der Waals surface area contributed by atoms with Crippen LogP contribution in [0.15, 0.2) is 47.0 Å². The highest BCUT2D eigenvalue weighted by atomic mass is 16.5. The molecule has 0 bridgehead atoms. The van der Waals surface area contributed by atoms with Crippen LogP contribution in [0.25, 0.3) is 0 Å². The van der Waals surface area contributed by atoms with Crippen LogP contribution in [0.1, 0.15) is 57.4 Å². The van der Waals surface area contributed by atoms with Gasteiger partial charge in [0.15, 0.2) is 13.2 Å². The lowest BCUT2D eigenvalue weighted by atomic mass is 9.98. The molecule has 0 unspecified atom stereocenters. The Bertz CT molecular complexity index is 1020. The van der Waals surface area contributed by atoms with Gasteiger partial charge in [-0.05, 0) is 54.3 Å². The van der Waals surface area contributed by atoms with Gasteiger partial charge in [-0.3, -0.25) is 4.79 Å². The lowest BCUT2D eigenvalue weighted by Crippen LogP contribution is -2.16. The molecule has 30 heavy (non-hydrogen) atoms. The number of rotatable bonds is 9. The third kappa shape index (κ3) is 5.31. The summed E-state index contributed by atoms with van der Waals surface area (Å²) < 4.78 is 15.7. The maximum Gasteiger partial charge on any atom is 0.338 e. The highest BCUT2D eigenvalue weighted by molar-refractivity contribution is 6.00. The van der Waals surface area contributed by atoms with Crippen LogP contribution in [0.3, 0.4) is 0 Å². The highest BCUT2D eigenvalue weighted by Gasteiger charge is 2.15. The summed E-state index contributed by atoms with van der Waals surface area (Å²) in [7, 11) is 0. The molecule has 7 heteroatoms. The Morgan fingerprint density at radius 2 is 1.80 bits per heavy atom. The van der Waals surface area contributed by atoms with Crippen LogP contribution in [0.2, 0.25) is 0 Å². The van der Waals surface area contributed by atoms with Crippen molar-refractivity contribution in [2.24, 2.45) is 0 Å². The predicted molar refractivity (Wildman–Crippen MR) is 110 cm³/mol. The third-order valence-electron chi connectivity index (χ3n) is 4.63. The van der Waals surface area contributed by atoms with Crippen molar-refractivity contribution >= 4 is 11.8 Å². The zero-order valence-electron chi connectivity index (χ0n) is 17.3. The van der Waals surface area contributed by atoms with Crippen molar-refractivity contribution in [2.45, 2.75) is 40.2 Å². The summed E-state index contributed by atoms with van der Waals surface area (Å²) in [6.45, 7) is 5.59. The van der Waals surface area contributed by atoms with E-state index in [9.17, 15) is 9.59 Å². The number of Topliss-reactive ketones (excluding diaryl/α,β-unsaturated/α-hetero) is 1. The molecule has 0 aliphatic carbocycles. The monoisotopic (exact) mass is 408 g/mol. The molecule has 0 N–H and O–H groups in total. The van der Waals surface area contributed by atoms with Gasteiger partial charge >= 0.3 is 5.97 Å². The van der Waals surface area contributed by atoms with Gasteiger partial charge in [-0.15, -0.1) is 0 Å². The Morgan fingerprint density at radius 3 is 2.43 bits per heavy atom. The van der Waals surface area contributed by atoms with Crippen molar-refractivity contribution in [1.29, 1.82) is 0 Å². The normalized spacial score (nSPS) is 10.6. The van der Waals surface area contributed by atoms with E-state index < -0.39 is 5.97 Å². The van der Waals surface area contributed by atoms with Crippen molar-refractivity contribution in [1.82, 2.24) is 10.1 Å².